The summed E-state index contributed by atoms with van der Waals surface area (Å²) < 4.78 is 0. The maximum Gasteiger partial charge on any atom is 0.333 e. The van der Waals surface area contributed by atoms with E-state index in [0.29, 0.717) is 11.8 Å². The van der Waals surface area contributed by atoms with E-state index in [1.54, 1.807) is 0 Å². The number of aliphatic carboxylic acids is 2. The van der Waals surface area contributed by atoms with Crippen molar-refractivity contribution in [3.8, 4) is 0 Å². The minimum atomic E-state index is -1.79. The van der Waals surface area contributed by atoms with Crippen molar-refractivity contribution in [3.05, 3.63) is 71.8 Å². The van der Waals surface area contributed by atoms with Crippen molar-refractivity contribution in [1.82, 2.24) is 0 Å². The second-order valence-electron chi connectivity index (χ2n) is 6.55. The molecular formula is C22H32N2O5. The van der Waals surface area contributed by atoms with Crippen LogP contribution in [0.4, 0.5) is 0 Å². The molecule has 0 amide bonds. The van der Waals surface area contributed by atoms with Crippen LogP contribution < -0.4 is 11.5 Å². The molecule has 0 aliphatic rings. The van der Waals surface area contributed by atoms with Crippen LogP contribution in [-0.4, -0.2) is 46.5 Å². The number of aliphatic hydroxyl groups excluding tert-OH is 1. The largest absolute Gasteiger partial charge is 0.481 e. The number of nitrogens with two attached hydrogens (primary N) is 2. The van der Waals surface area contributed by atoms with E-state index in [2.05, 4.69) is 38.1 Å². The van der Waals surface area contributed by atoms with E-state index in [1.165, 1.54) is 11.1 Å². The third-order valence-electron chi connectivity index (χ3n) is 4.10. The van der Waals surface area contributed by atoms with Crippen molar-refractivity contribution in [3.63, 3.8) is 0 Å². The van der Waals surface area contributed by atoms with Gasteiger partial charge in [0.15, 0.2) is 6.10 Å². The number of aliphatic hydroxyl groups is 1. The Kier molecular flexibility index (Phi) is 13.8. The smallest absolute Gasteiger partial charge is 0.333 e. The van der Waals surface area contributed by atoms with Crippen LogP contribution in [0.25, 0.3) is 0 Å². The maximum absolute atomic E-state index is 9.72. The van der Waals surface area contributed by atoms with E-state index in [4.69, 9.17) is 26.8 Å². The molecule has 0 saturated heterocycles. The zero-order chi connectivity index (χ0) is 22.2. The summed E-state index contributed by atoms with van der Waals surface area (Å²) in [6, 6.07) is 20.6. The van der Waals surface area contributed by atoms with Crippen LogP contribution >= 0.6 is 0 Å². The first-order valence-electron chi connectivity index (χ1n) is 9.35. The maximum atomic E-state index is 9.72. The molecular weight excluding hydrogens is 372 g/mol. The van der Waals surface area contributed by atoms with Crippen molar-refractivity contribution in [2.24, 2.45) is 11.5 Å². The summed E-state index contributed by atoms with van der Waals surface area (Å²) in [4.78, 5) is 19.4. The lowest BCUT2D eigenvalue weighted by atomic mass is 10.0. The van der Waals surface area contributed by atoms with Crippen molar-refractivity contribution in [2.75, 3.05) is 13.1 Å². The Bertz CT molecular complexity index is 649. The molecule has 0 spiro atoms. The van der Waals surface area contributed by atoms with Crippen molar-refractivity contribution in [1.29, 1.82) is 0 Å². The van der Waals surface area contributed by atoms with Gasteiger partial charge < -0.3 is 26.8 Å². The highest BCUT2D eigenvalue weighted by molar-refractivity contribution is 5.79. The molecule has 2 rings (SSSR count). The fraction of sp³-hybridized carbons (Fsp3) is 0.364. The highest BCUT2D eigenvalue weighted by Gasteiger charge is 2.16. The van der Waals surface area contributed by atoms with E-state index in [1.807, 2.05) is 36.4 Å². The molecule has 0 saturated carbocycles. The number of hydrogen-bond acceptors (Lipinski definition) is 5. The van der Waals surface area contributed by atoms with Gasteiger partial charge in [-0.3, -0.25) is 4.79 Å². The first kappa shape index (κ1) is 26.3. The molecule has 0 aliphatic heterocycles. The Morgan fingerprint density at radius 2 is 1.14 bits per heavy atom. The summed E-state index contributed by atoms with van der Waals surface area (Å²) in [7, 11) is 0. The summed E-state index contributed by atoms with van der Waals surface area (Å²) in [6.45, 7) is 5.72. The van der Waals surface area contributed by atoms with Gasteiger partial charge in [0.25, 0.3) is 0 Å². The van der Waals surface area contributed by atoms with Gasteiger partial charge in [0.05, 0.1) is 6.42 Å². The molecule has 0 aromatic heterocycles. The van der Waals surface area contributed by atoms with Gasteiger partial charge in [0.1, 0.15) is 0 Å². The third kappa shape index (κ3) is 12.4. The first-order chi connectivity index (χ1) is 13.7. The SMILES string of the molecule is C[C@@H](CN)c1ccccc1.C[C@@H](CN)c1ccccc1.O=C(O)C[C@H](O)C(=O)O. The van der Waals surface area contributed by atoms with Crippen molar-refractivity contribution in [2.45, 2.75) is 38.2 Å². The van der Waals surface area contributed by atoms with Gasteiger partial charge in [-0.05, 0) is 36.1 Å². The molecule has 0 heterocycles. The molecule has 2 aromatic rings. The van der Waals surface area contributed by atoms with Crippen LogP contribution in [0.2, 0.25) is 0 Å². The Labute approximate surface area is 172 Å². The van der Waals surface area contributed by atoms with Gasteiger partial charge in [-0.2, -0.15) is 0 Å². The Morgan fingerprint density at radius 3 is 1.34 bits per heavy atom. The number of carboxylic acids is 2. The van der Waals surface area contributed by atoms with Crippen LogP contribution in [0.5, 0.6) is 0 Å². The monoisotopic (exact) mass is 404 g/mol. The van der Waals surface area contributed by atoms with Crippen LogP contribution in [0, 0.1) is 0 Å². The Hall–Kier alpha value is -2.74. The van der Waals surface area contributed by atoms with Gasteiger partial charge >= 0.3 is 11.9 Å². The predicted octanol–water partition coefficient (Wildman–Crippen LogP) is 2.40. The summed E-state index contributed by atoms with van der Waals surface area (Å²) in [6.07, 6.45) is -2.54. The van der Waals surface area contributed by atoms with E-state index < -0.39 is 24.5 Å². The van der Waals surface area contributed by atoms with Gasteiger partial charge in [-0.1, -0.05) is 74.5 Å². The normalized spacial score (nSPS) is 12.9. The van der Waals surface area contributed by atoms with Gasteiger partial charge in [-0.15, -0.1) is 0 Å². The van der Waals surface area contributed by atoms with Crippen LogP contribution in [0.3, 0.4) is 0 Å². The van der Waals surface area contributed by atoms with Crippen molar-refractivity contribution >= 4 is 11.9 Å². The van der Waals surface area contributed by atoms with Gasteiger partial charge in [0.2, 0.25) is 0 Å². The molecule has 7 N–H and O–H groups in total. The Balaban J connectivity index is 0.000000407. The highest BCUT2D eigenvalue weighted by Crippen LogP contribution is 2.12. The van der Waals surface area contributed by atoms with Gasteiger partial charge in [0, 0.05) is 0 Å². The summed E-state index contributed by atoms with van der Waals surface area (Å²) in [5.41, 5.74) is 13.7. The zero-order valence-corrected chi connectivity index (χ0v) is 16.9. The minimum Gasteiger partial charge on any atom is -0.481 e. The van der Waals surface area contributed by atoms with E-state index >= 15 is 0 Å². The van der Waals surface area contributed by atoms with Crippen LogP contribution in [0.1, 0.15) is 43.2 Å². The average molecular weight is 405 g/mol. The lowest BCUT2D eigenvalue weighted by Crippen LogP contribution is -2.22. The molecule has 0 radical (unpaired) electrons. The molecule has 0 unspecified atom stereocenters. The highest BCUT2D eigenvalue weighted by atomic mass is 16.4. The first-order valence-corrected chi connectivity index (χ1v) is 9.35. The minimum absolute atomic E-state index is 0.487. The van der Waals surface area contributed by atoms with Crippen LogP contribution in [-0.2, 0) is 9.59 Å². The molecule has 29 heavy (non-hydrogen) atoms. The predicted molar refractivity (Wildman–Crippen MR) is 114 cm³/mol. The van der Waals surface area contributed by atoms with Crippen LogP contribution in [0.15, 0.2) is 60.7 Å². The number of hydrogen-bond donors (Lipinski definition) is 5. The second-order valence-corrected chi connectivity index (χ2v) is 6.55. The van der Waals surface area contributed by atoms with E-state index in [-0.39, 0.29) is 0 Å². The molecule has 3 atom stereocenters. The molecule has 0 bridgehead atoms. The molecule has 2 aromatic carbocycles. The number of carbonyl (C=O) groups is 2. The van der Waals surface area contributed by atoms with Gasteiger partial charge in [-0.25, -0.2) is 4.79 Å². The average Bonchev–Trinajstić information content (AvgIpc) is 2.74. The quantitative estimate of drug-likeness (QED) is 0.476. The third-order valence-corrected chi connectivity index (χ3v) is 4.10. The zero-order valence-electron chi connectivity index (χ0n) is 16.9. The number of rotatable bonds is 7. The molecule has 7 heteroatoms. The molecule has 0 aliphatic carbocycles. The summed E-state index contributed by atoms with van der Waals surface area (Å²) in [5.74, 6) is -1.87. The molecule has 7 nitrogen and oxygen atoms in total. The fourth-order valence-corrected chi connectivity index (χ4v) is 2.09. The summed E-state index contributed by atoms with van der Waals surface area (Å²) in [5, 5.41) is 24.1. The van der Waals surface area contributed by atoms with E-state index in [9.17, 15) is 9.59 Å². The topological polar surface area (TPSA) is 147 Å². The fourth-order valence-electron chi connectivity index (χ4n) is 2.09. The second kappa shape index (κ2) is 15.2. The van der Waals surface area contributed by atoms with Crippen molar-refractivity contribution < 1.29 is 24.9 Å². The lowest BCUT2D eigenvalue weighted by molar-refractivity contribution is -0.152. The van der Waals surface area contributed by atoms with E-state index in [0.717, 1.165) is 13.1 Å². The summed E-state index contributed by atoms with van der Waals surface area (Å²) >= 11 is 0. The standard InChI is InChI=1S/2C9H13N.C4H6O5/c2*1-8(7-10)9-5-3-2-4-6-9;5-2(4(8)9)1-3(6)7/h2*2-6,8H,7,10H2,1H3;2,5H,1H2,(H,6,7)(H,8,9)/t2*8-;2-/m000/s1. The Morgan fingerprint density at radius 1 is 0.793 bits per heavy atom. The molecule has 160 valence electrons. The number of benzene rings is 2. The number of carboxylic acid groups (broad SMARTS) is 2. The molecule has 0 fully saturated rings. The lowest BCUT2D eigenvalue weighted by Gasteiger charge is -2.06.